The number of fused-ring (bicyclic) bond motifs is 1. The number of anilines is 2. The van der Waals surface area contributed by atoms with Crippen LogP contribution in [0.25, 0.3) is 5.69 Å². The zero-order valence-corrected chi connectivity index (χ0v) is 15.7. The summed E-state index contributed by atoms with van der Waals surface area (Å²) in [6, 6.07) is 14.8. The molecule has 1 aromatic heterocycles. The van der Waals surface area contributed by atoms with E-state index in [1.54, 1.807) is 12.1 Å². The maximum atomic E-state index is 12.7. The number of halogens is 2. The van der Waals surface area contributed by atoms with E-state index in [9.17, 15) is 4.79 Å². The van der Waals surface area contributed by atoms with Crippen molar-refractivity contribution < 1.29 is 4.79 Å². The van der Waals surface area contributed by atoms with Crippen molar-refractivity contribution in [1.29, 1.82) is 0 Å². The molecule has 4 nitrogen and oxygen atoms in total. The van der Waals surface area contributed by atoms with Gasteiger partial charge in [0.05, 0.1) is 16.9 Å². The predicted molar refractivity (Wildman–Crippen MR) is 105 cm³/mol. The summed E-state index contributed by atoms with van der Waals surface area (Å²) in [5, 5.41) is 9.30. The summed E-state index contributed by atoms with van der Waals surface area (Å²) >= 11 is 12.0. The summed E-state index contributed by atoms with van der Waals surface area (Å²) in [6.45, 7) is 2.09. The highest BCUT2D eigenvalue weighted by Crippen LogP contribution is 2.34. The molecule has 6 heteroatoms. The van der Waals surface area contributed by atoms with Crippen LogP contribution in [-0.4, -0.2) is 15.6 Å². The molecule has 0 bridgehead atoms. The number of Topliss-reactive ketones (excluding diaryl/α,β-unsaturated/α-hetero) is 1. The molecule has 1 atom stereocenters. The lowest BCUT2D eigenvalue weighted by Gasteiger charge is -2.19. The first-order valence-electron chi connectivity index (χ1n) is 8.45. The fourth-order valence-electron chi connectivity index (χ4n) is 3.31. The highest BCUT2D eigenvalue weighted by molar-refractivity contribution is 6.30. The van der Waals surface area contributed by atoms with Crippen molar-refractivity contribution in [3.63, 3.8) is 0 Å². The molecule has 1 unspecified atom stereocenters. The van der Waals surface area contributed by atoms with E-state index in [4.69, 9.17) is 28.3 Å². The summed E-state index contributed by atoms with van der Waals surface area (Å²) in [7, 11) is 0. The molecule has 0 saturated carbocycles. The van der Waals surface area contributed by atoms with E-state index >= 15 is 0 Å². The van der Waals surface area contributed by atoms with Crippen molar-refractivity contribution in [3.8, 4) is 5.69 Å². The van der Waals surface area contributed by atoms with Gasteiger partial charge in [0.15, 0.2) is 11.6 Å². The van der Waals surface area contributed by atoms with Crippen LogP contribution in [0.15, 0.2) is 48.5 Å². The van der Waals surface area contributed by atoms with Gasteiger partial charge in [-0.15, -0.1) is 5.10 Å². The normalized spacial score (nSPS) is 16.4. The summed E-state index contributed by atoms with van der Waals surface area (Å²) in [6.07, 6.45) is 1.34. The van der Waals surface area contributed by atoms with Gasteiger partial charge in [-0.05, 0) is 60.9 Å². The molecule has 2 aromatic carbocycles. The Kier molecular flexibility index (Phi) is 4.47. The van der Waals surface area contributed by atoms with Crippen molar-refractivity contribution in [1.82, 2.24) is 9.78 Å². The largest absolute Gasteiger partial charge is 0.338 e. The number of hydrogen-bond donors (Lipinski definition) is 1. The van der Waals surface area contributed by atoms with Crippen molar-refractivity contribution in [2.75, 3.05) is 5.32 Å². The second kappa shape index (κ2) is 6.78. The molecule has 0 amide bonds. The first-order valence-corrected chi connectivity index (χ1v) is 9.20. The van der Waals surface area contributed by atoms with Gasteiger partial charge in [-0.2, -0.15) is 0 Å². The van der Waals surface area contributed by atoms with Crippen LogP contribution in [0.5, 0.6) is 0 Å². The van der Waals surface area contributed by atoms with Crippen LogP contribution in [-0.2, 0) is 6.42 Å². The van der Waals surface area contributed by atoms with Gasteiger partial charge in [0, 0.05) is 22.2 Å². The van der Waals surface area contributed by atoms with Gasteiger partial charge in [-0.1, -0.05) is 30.1 Å². The summed E-state index contributed by atoms with van der Waals surface area (Å²) in [5.41, 5.74) is 3.33. The van der Waals surface area contributed by atoms with Crippen LogP contribution >= 0.6 is 23.2 Å². The monoisotopic (exact) mass is 385 g/mol. The smallest absolute Gasteiger partial charge is 0.168 e. The third-order valence-corrected chi connectivity index (χ3v) is 5.02. The fourth-order valence-corrected chi connectivity index (χ4v) is 3.56. The molecule has 0 aliphatic heterocycles. The van der Waals surface area contributed by atoms with E-state index in [1.165, 1.54) is 0 Å². The zero-order chi connectivity index (χ0) is 18.3. The maximum Gasteiger partial charge on any atom is 0.168 e. The van der Waals surface area contributed by atoms with Crippen LogP contribution in [0.1, 0.15) is 29.4 Å². The van der Waals surface area contributed by atoms with Crippen LogP contribution < -0.4 is 5.32 Å². The van der Waals surface area contributed by atoms with E-state index < -0.39 is 0 Å². The Hall–Kier alpha value is -2.30. The van der Waals surface area contributed by atoms with E-state index in [0.29, 0.717) is 33.8 Å². The van der Waals surface area contributed by atoms with Gasteiger partial charge >= 0.3 is 0 Å². The Morgan fingerprint density at radius 1 is 1.00 bits per heavy atom. The Labute approximate surface area is 161 Å². The van der Waals surface area contributed by atoms with Crippen LogP contribution in [0, 0.1) is 5.92 Å². The molecule has 1 aliphatic carbocycles. The number of carbonyl (C=O) groups is 1. The number of nitrogens with zero attached hydrogens (tertiary/aromatic N) is 2. The van der Waals surface area contributed by atoms with Gasteiger partial charge in [0.2, 0.25) is 0 Å². The number of benzene rings is 2. The summed E-state index contributed by atoms with van der Waals surface area (Å²) < 4.78 is 1.84. The third-order valence-electron chi connectivity index (χ3n) is 4.51. The number of rotatable bonds is 3. The van der Waals surface area contributed by atoms with Gasteiger partial charge in [-0.3, -0.25) is 4.79 Å². The first kappa shape index (κ1) is 17.1. The summed E-state index contributed by atoms with van der Waals surface area (Å²) in [5.74, 6) is 0.991. The van der Waals surface area contributed by atoms with E-state index in [-0.39, 0.29) is 5.78 Å². The standard InChI is InChI=1S/C20H17Cl2N3O/c1-12-10-17-19(18(26)11-12)20(23-15-6-2-13(21)3-7-15)24-25(17)16-8-4-14(22)5-9-16/h2-9,12H,10-11H2,1H3,(H,23,24). The minimum absolute atomic E-state index is 0.121. The Bertz CT molecular complexity index is 962. The molecular weight excluding hydrogens is 369 g/mol. The lowest BCUT2D eigenvalue weighted by molar-refractivity contribution is 0.0953. The fraction of sp³-hybridized carbons (Fsp3) is 0.200. The minimum Gasteiger partial charge on any atom is -0.338 e. The molecule has 0 radical (unpaired) electrons. The molecule has 26 heavy (non-hydrogen) atoms. The molecule has 0 fully saturated rings. The maximum absolute atomic E-state index is 12.7. The average molecular weight is 386 g/mol. The number of nitrogens with one attached hydrogen (secondary N) is 1. The van der Waals surface area contributed by atoms with Gasteiger partial charge in [0.1, 0.15) is 0 Å². The molecule has 1 N–H and O–H groups in total. The van der Waals surface area contributed by atoms with Gasteiger partial charge in [0.25, 0.3) is 0 Å². The van der Waals surface area contributed by atoms with Crippen LogP contribution in [0.3, 0.4) is 0 Å². The highest BCUT2D eigenvalue weighted by Gasteiger charge is 2.31. The van der Waals surface area contributed by atoms with Gasteiger partial charge in [-0.25, -0.2) is 4.68 Å². The molecule has 0 spiro atoms. The Morgan fingerprint density at radius 2 is 1.62 bits per heavy atom. The van der Waals surface area contributed by atoms with Gasteiger partial charge < -0.3 is 5.32 Å². The van der Waals surface area contributed by atoms with E-state index in [1.807, 2.05) is 41.1 Å². The predicted octanol–water partition coefficient (Wildman–Crippen LogP) is 5.69. The molecule has 1 aliphatic rings. The molecule has 132 valence electrons. The van der Waals surface area contributed by atoms with Crippen molar-refractivity contribution in [2.45, 2.75) is 19.8 Å². The zero-order valence-electron chi connectivity index (χ0n) is 14.2. The average Bonchev–Trinajstić information content (AvgIpc) is 2.96. The SMILES string of the molecule is CC1CC(=O)c2c(Nc3ccc(Cl)cc3)nn(-c3ccc(Cl)cc3)c2C1. The first-order chi connectivity index (χ1) is 12.5. The Morgan fingerprint density at radius 3 is 2.27 bits per heavy atom. The molecular formula is C20H17Cl2N3O. The molecule has 0 saturated heterocycles. The number of ketones is 1. The second-order valence-corrected chi connectivity index (χ2v) is 7.50. The quantitative estimate of drug-likeness (QED) is 0.629. The van der Waals surface area contributed by atoms with Crippen LogP contribution in [0.4, 0.5) is 11.5 Å². The van der Waals surface area contributed by atoms with Crippen molar-refractivity contribution in [3.05, 3.63) is 69.8 Å². The highest BCUT2D eigenvalue weighted by atomic mass is 35.5. The van der Waals surface area contributed by atoms with E-state index in [0.717, 1.165) is 23.5 Å². The molecule has 4 rings (SSSR count). The lowest BCUT2D eigenvalue weighted by Crippen LogP contribution is -2.19. The minimum atomic E-state index is 0.121. The number of aromatic nitrogens is 2. The number of carbonyl (C=O) groups excluding carboxylic acids is 1. The number of hydrogen-bond acceptors (Lipinski definition) is 3. The van der Waals surface area contributed by atoms with E-state index in [2.05, 4.69) is 12.2 Å². The van der Waals surface area contributed by atoms with Crippen molar-refractivity contribution in [2.24, 2.45) is 5.92 Å². The Balaban J connectivity index is 1.81. The lowest BCUT2D eigenvalue weighted by atomic mass is 9.87. The summed E-state index contributed by atoms with van der Waals surface area (Å²) in [4.78, 5) is 12.7. The molecule has 3 aromatic rings. The second-order valence-electron chi connectivity index (χ2n) is 6.63. The molecule has 1 heterocycles. The topological polar surface area (TPSA) is 46.9 Å². The third kappa shape index (κ3) is 3.22. The van der Waals surface area contributed by atoms with Crippen molar-refractivity contribution >= 4 is 40.5 Å². The van der Waals surface area contributed by atoms with Crippen LogP contribution in [0.2, 0.25) is 10.0 Å².